The van der Waals surface area contributed by atoms with Crippen molar-refractivity contribution in [1.29, 1.82) is 0 Å². The Balaban J connectivity index is 1.45. The maximum absolute atomic E-state index is 13.3. The lowest BCUT2D eigenvalue weighted by Gasteiger charge is -2.16. The Hall–Kier alpha value is -5.03. The first-order chi connectivity index (χ1) is 19.2. The lowest BCUT2D eigenvalue weighted by Crippen LogP contribution is -2.23. The molecule has 4 rings (SSSR count). The summed E-state index contributed by atoms with van der Waals surface area (Å²) in [5, 5.41) is 15.3. The molecule has 204 valence electrons. The number of guanidine groups is 1. The van der Waals surface area contributed by atoms with Crippen LogP contribution in [0.5, 0.6) is 0 Å². The number of nitrogens with two attached hydrogens (primary N) is 1. The van der Waals surface area contributed by atoms with Crippen molar-refractivity contribution >= 4 is 39.0 Å². The fourth-order valence-corrected chi connectivity index (χ4v) is 5.58. The van der Waals surface area contributed by atoms with Crippen molar-refractivity contribution in [3.05, 3.63) is 120 Å². The molecule has 1 atom stereocenters. The largest absolute Gasteiger partial charge is 0.481 e. The number of hydrogen-bond acceptors (Lipinski definition) is 6. The van der Waals surface area contributed by atoms with E-state index in [0.717, 1.165) is 5.56 Å². The van der Waals surface area contributed by atoms with Crippen molar-refractivity contribution in [2.75, 3.05) is 16.4 Å². The van der Waals surface area contributed by atoms with Gasteiger partial charge in [0.15, 0.2) is 15.8 Å². The highest BCUT2D eigenvalue weighted by Crippen LogP contribution is 2.27. The van der Waals surface area contributed by atoms with Gasteiger partial charge in [0.05, 0.1) is 28.8 Å². The van der Waals surface area contributed by atoms with E-state index >= 15 is 0 Å². The number of amides is 1. The minimum Gasteiger partial charge on any atom is -0.481 e. The number of aromatic nitrogens is 1. The Labute approximate surface area is 231 Å². The number of sulfone groups is 1. The predicted molar refractivity (Wildman–Crippen MR) is 153 cm³/mol. The Morgan fingerprint density at radius 3 is 2.27 bits per heavy atom. The number of para-hydroxylation sites is 1. The van der Waals surface area contributed by atoms with Gasteiger partial charge >= 0.3 is 5.97 Å². The van der Waals surface area contributed by atoms with E-state index in [1.54, 1.807) is 36.4 Å². The van der Waals surface area contributed by atoms with E-state index in [9.17, 15) is 23.1 Å². The molecular weight excluding hydrogens is 530 g/mol. The standard InChI is InChI=1S/C29H27N5O5S/c30-29(32-17-20-7-2-1-3-8-20)33-23-14-12-21(13-15-23)27(35)34-25-10-4-5-11-26(25)40(38,39)19-24(28(36)37)22-9-6-16-31-18-22/h1-16,18,24H,17,19H2,(H,34,35)(H,36,37)(H3,30,32,33). The second-order valence-corrected chi connectivity index (χ2v) is 10.8. The molecule has 1 aromatic heterocycles. The van der Waals surface area contributed by atoms with Crippen LogP contribution in [0.3, 0.4) is 0 Å². The predicted octanol–water partition coefficient (Wildman–Crippen LogP) is 3.90. The molecule has 40 heavy (non-hydrogen) atoms. The lowest BCUT2D eigenvalue weighted by molar-refractivity contribution is -0.138. The van der Waals surface area contributed by atoms with Gasteiger partial charge in [0, 0.05) is 23.6 Å². The summed E-state index contributed by atoms with van der Waals surface area (Å²) in [5.74, 6) is -3.65. The van der Waals surface area contributed by atoms with Crippen molar-refractivity contribution in [1.82, 2.24) is 4.98 Å². The summed E-state index contributed by atoms with van der Waals surface area (Å²) in [6.07, 6.45) is 2.79. The molecule has 3 aromatic carbocycles. The SMILES string of the molecule is NC(=NCc1ccccc1)Nc1ccc(C(=O)Nc2ccccc2S(=O)(=O)CC(C(=O)O)c2cccnc2)cc1. The summed E-state index contributed by atoms with van der Waals surface area (Å²) in [7, 11) is -4.12. The molecule has 0 aliphatic carbocycles. The molecule has 0 saturated carbocycles. The molecule has 4 aromatic rings. The molecule has 5 N–H and O–H groups in total. The van der Waals surface area contributed by atoms with E-state index < -0.39 is 33.4 Å². The zero-order valence-corrected chi connectivity index (χ0v) is 22.1. The van der Waals surface area contributed by atoms with Crippen LogP contribution in [-0.4, -0.2) is 42.1 Å². The first-order valence-corrected chi connectivity index (χ1v) is 13.8. The minimum absolute atomic E-state index is 0.0438. The van der Waals surface area contributed by atoms with Gasteiger partial charge in [0.25, 0.3) is 5.91 Å². The summed E-state index contributed by atoms with van der Waals surface area (Å²) in [6.45, 7) is 0.415. The minimum atomic E-state index is -4.12. The molecule has 0 radical (unpaired) electrons. The van der Waals surface area contributed by atoms with Gasteiger partial charge in [-0.15, -0.1) is 0 Å². The maximum atomic E-state index is 13.3. The van der Waals surface area contributed by atoms with E-state index in [1.807, 2.05) is 30.3 Å². The lowest BCUT2D eigenvalue weighted by atomic mass is 10.0. The molecule has 0 fully saturated rings. The Bertz CT molecular complexity index is 1610. The zero-order chi connectivity index (χ0) is 28.5. The van der Waals surface area contributed by atoms with Crippen LogP contribution in [0.1, 0.15) is 27.4 Å². The summed E-state index contributed by atoms with van der Waals surface area (Å²) in [5.41, 5.74) is 8.17. The molecule has 11 heteroatoms. The van der Waals surface area contributed by atoms with Crippen molar-refractivity contribution in [3.63, 3.8) is 0 Å². The number of aliphatic carboxylic acids is 1. The highest BCUT2D eigenvalue weighted by atomic mass is 32.2. The van der Waals surface area contributed by atoms with Gasteiger partial charge in [-0.05, 0) is 53.6 Å². The van der Waals surface area contributed by atoms with Crippen molar-refractivity contribution < 1.29 is 23.1 Å². The van der Waals surface area contributed by atoms with Gasteiger partial charge in [0.1, 0.15) is 0 Å². The van der Waals surface area contributed by atoms with Gasteiger partial charge in [-0.3, -0.25) is 14.6 Å². The molecule has 0 bridgehead atoms. The number of carbonyl (C=O) groups is 2. The van der Waals surface area contributed by atoms with E-state index in [0.29, 0.717) is 12.2 Å². The van der Waals surface area contributed by atoms with Crippen molar-refractivity contribution in [3.8, 4) is 0 Å². The fourth-order valence-electron chi connectivity index (χ4n) is 3.89. The fraction of sp³-hybridized carbons (Fsp3) is 0.103. The topological polar surface area (TPSA) is 164 Å². The van der Waals surface area contributed by atoms with Crippen molar-refractivity contribution in [2.24, 2.45) is 10.7 Å². The number of hydrogen-bond donors (Lipinski definition) is 4. The van der Waals surface area contributed by atoms with Crippen LogP contribution in [0.25, 0.3) is 0 Å². The van der Waals surface area contributed by atoms with Gasteiger partial charge in [0.2, 0.25) is 0 Å². The van der Waals surface area contributed by atoms with Gasteiger partial charge in [-0.2, -0.15) is 0 Å². The van der Waals surface area contributed by atoms with Crippen molar-refractivity contribution in [2.45, 2.75) is 17.4 Å². The van der Waals surface area contributed by atoms with Crippen LogP contribution in [0, 0.1) is 0 Å². The third kappa shape index (κ3) is 7.29. The van der Waals surface area contributed by atoms with E-state index in [-0.39, 0.29) is 27.7 Å². The number of pyridine rings is 1. The molecule has 10 nitrogen and oxygen atoms in total. The number of aliphatic imine (C=N–C) groups is 1. The molecule has 0 aliphatic rings. The van der Waals surface area contributed by atoms with Crippen LogP contribution >= 0.6 is 0 Å². The Morgan fingerprint density at radius 2 is 1.60 bits per heavy atom. The summed E-state index contributed by atoms with van der Waals surface area (Å²) in [6, 6.07) is 25.0. The van der Waals surface area contributed by atoms with Crippen LogP contribution < -0.4 is 16.4 Å². The quantitative estimate of drug-likeness (QED) is 0.168. The average molecular weight is 558 g/mol. The van der Waals surface area contributed by atoms with Gasteiger partial charge < -0.3 is 21.5 Å². The van der Waals surface area contributed by atoms with Crippen LogP contribution in [0.4, 0.5) is 11.4 Å². The van der Waals surface area contributed by atoms with Crippen LogP contribution in [-0.2, 0) is 21.2 Å². The Kier molecular flexibility index (Phi) is 8.87. The van der Waals surface area contributed by atoms with Crippen LogP contribution in [0.15, 0.2) is 113 Å². The number of rotatable bonds is 10. The molecule has 0 spiro atoms. The molecule has 0 saturated heterocycles. The number of carbonyl (C=O) groups excluding carboxylic acids is 1. The molecule has 1 heterocycles. The second kappa shape index (κ2) is 12.7. The molecule has 0 aliphatic heterocycles. The van der Waals surface area contributed by atoms with Crippen LogP contribution in [0.2, 0.25) is 0 Å². The molecule has 1 amide bonds. The zero-order valence-electron chi connectivity index (χ0n) is 21.3. The maximum Gasteiger partial charge on any atom is 0.312 e. The summed E-state index contributed by atoms with van der Waals surface area (Å²) >= 11 is 0. The van der Waals surface area contributed by atoms with Gasteiger partial charge in [-0.25, -0.2) is 13.4 Å². The first-order valence-electron chi connectivity index (χ1n) is 12.2. The normalized spacial score (nSPS) is 12.3. The Morgan fingerprint density at radius 1 is 0.900 bits per heavy atom. The van der Waals surface area contributed by atoms with E-state index in [2.05, 4.69) is 20.6 Å². The number of nitrogens with zero attached hydrogens (tertiary/aromatic N) is 2. The highest BCUT2D eigenvalue weighted by molar-refractivity contribution is 7.91. The third-order valence-corrected chi connectivity index (χ3v) is 7.73. The monoisotopic (exact) mass is 557 g/mol. The smallest absolute Gasteiger partial charge is 0.312 e. The van der Waals surface area contributed by atoms with Gasteiger partial charge in [-0.1, -0.05) is 48.5 Å². The third-order valence-electron chi connectivity index (χ3n) is 5.94. The highest BCUT2D eigenvalue weighted by Gasteiger charge is 2.30. The molecular formula is C29H27N5O5S. The summed E-state index contributed by atoms with van der Waals surface area (Å²) < 4.78 is 26.6. The molecule has 1 unspecified atom stereocenters. The summed E-state index contributed by atoms with van der Waals surface area (Å²) in [4.78, 5) is 32.8. The number of benzene rings is 3. The first kappa shape index (κ1) is 28.0. The van der Waals surface area contributed by atoms with E-state index in [4.69, 9.17) is 5.73 Å². The number of carboxylic acids is 1. The number of carboxylic acid groups (broad SMARTS) is 1. The number of nitrogens with one attached hydrogen (secondary N) is 2. The van der Waals surface area contributed by atoms with E-state index in [1.165, 1.54) is 36.7 Å². The second-order valence-electron chi connectivity index (χ2n) is 8.80. The average Bonchev–Trinajstić information content (AvgIpc) is 2.96. The number of anilines is 2.